The van der Waals surface area contributed by atoms with Gasteiger partial charge in [-0.05, 0) is 17.7 Å². The van der Waals surface area contributed by atoms with E-state index in [1.165, 1.54) is 0 Å². The lowest BCUT2D eigenvalue weighted by Crippen LogP contribution is -2.38. The van der Waals surface area contributed by atoms with Gasteiger partial charge in [-0.2, -0.15) is 5.10 Å². The van der Waals surface area contributed by atoms with Gasteiger partial charge in [0.05, 0.1) is 18.9 Å². The zero-order chi connectivity index (χ0) is 20.9. The van der Waals surface area contributed by atoms with Crippen molar-refractivity contribution >= 4 is 17.5 Å². The van der Waals surface area contributed by atoms with E-state index in [1.807, 2.05) is 25.4 Å². The molecule has 0 unspecified atom stereocenters. The van der Waals surface area contributed by atoms with Crippen LogP contribution in [-0.2, 0) is 18.2 Å². The predicted octanol–water partition coefficient (Wildman–Crippen LogP) is 2.41. The van der Waals surface area contributed by atoms with Crippen molar-refractivity contribution in [3.63, 3.8) is 0 Å². The Morgan fingerprint density at radius 3 is 2.83 bits per heavy atom. The molecule has 2 aromatic heterocycles. The molecular formula is C21H25ClN6O2. The molecule has 3 aromatic rings. The second-order valence-electron chi connectivity index (χ2n) is 7.24. The Morgan fingerprint density at radius 2 is 2.03 bits per heavy atom. The summed E-state index contributed by atoms with van der Waals surface area (Å²) in [5.41, 5.74) is 9.26. The zero-order valence-electron chi connectivity index (χ0n) is 16.9. The number of nitrogens with zero attached hydrogens (tertiary/aromatic N) is 5. The van der Waals surface area contributed by atoms with Crippen LogP contribution in [0.15, 0.2) is 36.5 Å². The molecule has 30 heavy (non-hydrogen) atoms. The molecule has 0 aliphatic carbocycles. The molecule has 8 nitrogen and oxygen atoms in total. The van der Waals surface area contributed by atoms with Gasteiger partial charge in [0.15, 0.2) is 0 Å². The number of benzene rings is 1. The standard InChI is InChI=1S/C21H25ClN6O2/c1-27-14-16(20(26-27)18-13-19(22)25-21(23)24-18)11-15-3-2-4-17(12-15)30-10-7-28-5-8-29-9-6-28/h2-4,12-14H,5-11H2,1H3,(H2,23,24,25). The highest BCUT2D eigenvalue weighted by Gasteiger charge is 2.15. The SMILES string of the molecule is Cn1cc(Cc2cccc(OCCN3CCOCC3)c2)c(-c2cc(Cl)nc(N)n2)n1. The number of halogens is 1. The maximum Gasteiger partial charge on any atom is 0.222 e. The van der Waals surface area contributed by atoms with Gasteiger partial charge in [0.2, 0.25) is 5.95 Å². The maximum absolute atomic E-state index is 6.05. The van der Waals surface area contributed by atoms with E-state index in [0.29, 0.717) is 23.9 Å². The van der Waals surface area contributed by atoms with Gasteiger partial charge in [0, 0.05) is 50.9 Å². The molecule has 0 spiro atoms. The van der Waals surface area contributed by atoms with Gasteiger partial charge >= 0.3 is 0 Å². The number of rotatable bonds is 7. The topological polar surface area (TPSA) is 91.3 Å². The van der Waals surface area contributed by atoms with Crippen LogP contribution >= 0.6 is 11.6 Å². The molecule has 4 rings (SSSR count). The highest BCUT2D eigenvalue weighted by atomic mass is 35.5. The molecule has 1 aliphatic rings. The first-order chi connectivity index (χ1) is 14.6. The predicted molar refractivity (Wildman–Crippen MR) is 116 cm³/mol. The van der Waals surface area contributed by atoms with Gasteiger partial charge in [0.25, 0.3) is 0 Å². The smallest absolute Gasteiger partial charge is 0.222 e. The van der Waals surface area contributed by atoms with Crippen molar-refractivity contribution in [2.24, 2.45) is 7.05 Å². The highest BCUT2D eigenvalue weighted by Crippen LogP contribution is 2.26. The van der Waals surface area contributed by atoms with E-state index in [0.717, 1.165) is 55.4 Å². The molecular weight excluding hydrogens is 404 g/mol. The van der Waals surface area contributed by atoms with Crippen molar-refractivity contribution < 1.29 is 9.47 Å². The van der Waals surface area contributed by atoms with Crippen molar-refractivity contribution in [1.82, 2.24) is 24.6 Å². The summed E-state index contributed by atoms with van der Waals surface area (Å²) in [5, 5.41) is 4.84. The van der Waals surface area contributed by atoms with Crippen molar-refractivity contribution in [2.75, 3.05) is 45.2 Å². The van der Waals surface area contributed by atoms with Crippen molar-refractivity contribution in [3.05, 3.63) is 52.8 Å². The Morgan fingerprint density at radius 1 is 1.20 bits per heavy atom. The number of nitrogen functional groups attached to an aromatic ring is 1. The average molecular weight is 429 g/mol. The molecule has 0 saturated carbocycles. The molecule has 1 saturated heterocycles. The van der Waals surface area contributed by atoms with Gasteiger partial charge < -0.3 is 15.2 Å². The van der Waals surface area contributed by atoms with Crippen molar-refractivity contribution in [3.8, 4) is 17.1 Å². The van der Waals surface area contributed by atoms with Crippen molar-refractivity contribution in [1.29, 1.82) is 0 Å². The Labute approximate surface area is 180 Å². The minimum absolute atomic E-state index is 0.129. The zero-order valence-corrected chi connectivity index (χ0v) is 17.7. The van der Waals surface area contributed by atoms with E-state index < -0.39 is 0 Å². The number of hydrogen-bond donors (Lipinski definition) is 1. The lowest BCUT2D eigenvalue weighted by molar-refractivity contribution is 0.0322. The summed E-state index contributed by atoms with van der Waals surface area (Å²) < 4.78 is 13.1. The van der Waals surface area contributed by atoms with Gasteiger partial charge in [0.1, 0.15) is 23.2 Å². The van der Waals surface area contributed by atoms with Gasteiger partial charge in [-0.15, -0.1) is 0 Å². The Hall–Kier alpha value is -2.68. The summed E-state index contributed by atoms with van der Waals surface area (Å²) >= 11 is 6.05. The molecule has 1 aliphatic heterocycles. The third-order valence-electron chi connectivity index (χ3n) is 4.93. The fourth-order valence-corrected chi connectivity index (χ4v) is 3.71. The lowest BCUT2D eigenvalue weighted by atomic mass is 10.0. The summed E-state index contributed by atoms with van der Waals surface area (Å²) in [6.07, 6.45) is 2.67. The van der Waals surface area contributed by atoms with Crippen LogP contribution in [0.3, 0.4) is 0 Å². The summed E-state index contributed by atoms with van der Waals surface area (Å²) in [4.78, 5) is 10.6. The largest absolute Gasteiger partial charge is 0.492 e. The summed E-state index contributed by atoms with van der Waals surface area (Å²) in [6, 6.07) is 9.81. The van der Waals surface area contributed by atoms with Crippen molar-refractivity contribution in [2.45, 2.75) is 6.42 Å². The Kier molecular flexibility index (Phi) is 6.47. The third kappa shape index (κ3) is 5.27. The number of aryl methyl sites for hydroxylation is 1. The highest BCUT2D eigenvalue weighted by molar-refractivity contribution is 6.29. The van der Waals surface area contributed by atoms with Crippen LogP contribution in [0.5, 0.6) is 5.75 Å². The van der Waals surface area contributed by atoms with Crippen LogP contribution in [0.4, 0.5) is 5.95 Å². The molecule has 0 bridgehead atoms. The molecule has 0 radical (unpaired) electrons. The van der Waals surface area contributed by atoms with Crippen LogP contribution in [0.2, 0.25) is 5.15 Å². The molecule has 3 heterocycles. The number of nitrogens with two attached hydrogens (primary N) is 1. The second kappa shape index (κ2) is 9.42. The number of hydrogen-bond acceptors (Lipinski definition) is 7. The number of aromatic nitrogens is 4. The average Bonchev–Trinajstić information content (AvgIpc) is 3.08. The first-order valence-corrected chi connectivity index (χ1v) is 10.3. The molecule has 158 valence electrons. The first-order valence-electron chi connectivity index (χ1n) is 9.91. The van der Waals surface area contributed by atoms with Crippen LogP contribution < -0.4 is 10.5 Å². The minimum Gasteiger partial charge on any atom is -0.492 e. The van der Waals surface area contributed by atoms with E-state index in [2.05, 4.69) is 32.1 Å². The second-order valence-corrected chi connectivity index (χ2v) is 7.62. The van der Waals surface area contributed by atoms with Gasteiger partial charge in [-0.1, -0.05) is 23.7 Å². The summed E-state index contributed by atoms with van der Waals surface area (Å²) in [5.74, 6) is 0.991. The molecule has 0 atom stereocenters. The van der Waals surface area contributed by atoms with Gasteiger partial charge in [-0.25, -0.2) is 9.97 Å². The first kappa shape index (κ1) is 20.6. The van der Waals surface area contributed by atoms with Crippen LogP contribution in [0, 0.1) is 0 Å². The quantitative estimate of drug-likeness (QED) is 0.578. The van der Waals surface area contributed by atoms with E-state index in [-0.39, 0.29) is 5.95 Å². The Balaban J connectivity index is 1.45. The summed E-state index contributed by atoms with van der Waals surface area (Å²) in [7, 11) is 1.88. The third-order valence-corrected chi connectivity index (χ3v) is 5.13. The Bertz CT molecular complexity index is 983. The van der Waals surface area contributed by atoms with Gasteiger partial charge in [-0.3, -0.25) is 9.58 Å². The van der Waals surface area contributed by atoms with E-state index in [9.17, 15) is 0 Å². The van der Waals surface area contributed by atoms with Crippen LogP contribution in [-0.4, -0.2) is 64.1 Å². The van der Waals surface area contributed by atoms with E-state index >= 15 is 0 Å². The fraction of sp³-hybridized carbons (Fsp3) is 0.381. The summed E-state index contributed by atoms with van der Waals surface area (Å²) in [6.45, 7) is 5.07. The monoisotopic (exact) mass is 428 g/mol. The lowest BCUT2D eigenvalue weighted by Gasteiger charge is -2.26. The molecule has 1 fully saturated rings. The molecule has 2 N–H and O–H groups in total. The fourth-order valence-electron chi connectivity index (χ4n) is 3.52. The number of ether oxygens (including phenoxy) is 2. The van der Waals surface area contributed by atoms with Crippen LogP contribution in [0.1, 0.15) is 11.1 Å². The number of morpholine rings is 1. The number of anilines is 1. The van der Waals surface area contributed by atoms with Crippen LogP contribution in [0.25, 0.3) is 11.4 Å². The van der Waals surface area contributed by atoms with E-state index in [4.69, 9.17) is 26.8 Å². The van der Waals surface area contributed by atoms with E-state index in [1.54, 1.807) is 10.7 Å². The molecule has 0 amide bonds. The normalized spacial score (nSPS) is 14.7. The molecule has 9 heteroatoms. The minimum atomic E-state index is 0.129. The molecule has 1 aromatic carbocycles. The maximum atomic E-state index is 6.05.